The molecule has 8 heteroatoms. The molecule has 2 rings (SSSR count). The number of nitrogens with one attached hydrogen (secondary N) is 3. The van der Waals surface area contributed by atoms with E-state index >= 15 is 0 Å². The standard InChI is InChI=1S/C10H16N6S2/c1-7-8(14-6-13-7)5-17-4-3-12-10-9(11-2)15-18-16-10/h6H,3-5H2,1-2H3,(H,11,15)(H,12,16)(H,13,14). The first-order valence-corrected chi connectivity index (χ1v) is 7.50. The van der Waals surface area contributed by atoms with Crippen LogP contribution in [0.3, 0.4) is 0 Å². The van der Waals surface area contributed by atoms with E-state index in [0.717, 1.165) is 41.1 Å². The van der Waals surface area contributed by atoms with Crippen LogP contribution >= 0.6 is 23.5 Å². The van der Waals surface area contributed by atoms with E-state index in [-0.39, 0.29) is 0 Å². The number of nitrogens with zero attached hydrogens (tertiary/aromatic N) is 3. The van der Waals surface area contributed by atoms with Crippen LogP contribution in [-0.4, -0.2) is 38.1 Å². The maximum atomic E-state index is 4.26. The zero-order valence-corrected chi connectivity index (χ0v) is 12.0. The second-order valence-electron chi connectivity index (χ2n) is 3.67. The molecule has 18 heavy (non-hydrogen) atoms. The topological polar surface area (TPSA) is 78.5 Å². The van der Waals surface area contributed by atoms with E-state index in [1.807, 2.05) is 25.7 Å². The highest BCUT2D eigenvalue weighted by Gasteiger charge is 2.05. The first-order valence-electron chi connectivity index (χ1n) is 5.62. The van der Waals surface area contributed by atoms with Crippen molar-refractivity contribution in [2.45, 2.75) is 12.7 Å². The van der Waals surface area contributed by atoms with Gasteiger partial charge >= 0.3 is 0 Å². The molecule has 0 aliphatic carbocycles. The average Bonchev–Trinajstić information content (AvgIpc) is 2.98. The van der Waals surface area contributed by atoms with Gasteiger partial charge in [-0.1, -0.05) is 0 Å². The van der Waals surface area contributed by atoms with Gasteiger partial charge in [-0.25, -0.2) is 4.98 Å². The van der Waals surface area contributed by atoms with Crippen LogP contribution in [0.5, 0.6) is 0 Å². The molecule has 0 saturated heterocycles. The minimum absolute atomic E-state index is 0.813. The van der Waals surface area contributed by atoms with E-state index in [1.165, 1.54) is 11.7 Å². The van der Waals surface area contributed by atoms with Gasteiger partial charge < -0.3 is 15.6 Å². The van der Waals surface area contributed by atoms with Crippen LogP contribution in [0.25, 0.3) is 0 Å². The van der Waals surface area contributed by atoms with Crippen LogP contribution in [0.15, 0.2) is 6.33 Å². The van der Waals surface area contributed by atoms with E-state index in [1.54, 1.807) is 6.33 Å². The van der Waals surface area contributed by atoms with Gasteiger partial charge in [-0.2, -0.15) is 20.5 Å². The summed E-state index contributed by atoms with van der Waals surface area (Å²) in [6.45, 7) is 2.91. The molecule has 0 radical (unpaired) electrons. The second-order valence-corrected chi connectivity index (χ2v) is 5.30. The number of hydrogen-bond donors (Lipinski definition) is 3. The molecule has 0 aliphatic rings. The van der Waals surface area contributed by atoms with E-state index in [4.69, 9.17) is 0 Å². The van der Waals surface area contributed by atoms with E-state index in [0.29, 0.717) is 0 Å². The highest BCUT2D eigenvalue weighted by molar-refractivity contribution is 7.98. The Morgan fingerprint density at radius 2 is 2.22 bits per heavy atom. The first kappa shape index (κ1) is 13.2. The van der Waals surface area contributed by atoms with Gasteiger partial charge in [0.25, 0.3) is 0 Å². The molecule has 0 bridgehead atoms. The third-order valence-electron chi connectivity index (χ3n) is 2.44. The fourth-order valence-electron chi connectivity index (χ4n) is 1.41. The lowest BCUT2D eigenvalue weighted by molar-refractivity contribution is 1.17. The number of hydrogen-bond acceptors (Lipinski definition) is 7. The number of aromatic amines is 1. The average molecular weight is 284 g/mol. The number of rotatable bonds is 7. The predicted octanol–water partition coefficient (Wildman–Crippen LogP) is 1.96. The summed E-state index contributed by atoms with van der Waals surface area (Å²) < 4.78 is 8.30. The lowest BCUT2D eigenvalue weighted by Gasteiger charge is -2.04. The van der Waals surface area contributed by atoms with Crippen molar-refractivity contribution in [3.8, 4) is 0 Å². The summed E-state index contributed by atoms with van der Waals surface area (Å²) in [4.78, 5) is 7.34. The van der Waals surface area contributed by atoms with Crippen LogP contribution in [0.1, 0.15) is 11.4 Å². The molecule has 2 aromatic heterocycles. The number of aromatic nitrogens is 4. The summed E-state index contributed by atoms with van der Waals surface area (Å²) in [6, 6.07) is 0. The predicted molar refractivity (Wildman–Crippen MR) is 77.4 cm³/mol. The molecular weight excluding hydrogens is 268 g/mol. The van der Waals surface area contributed by atoms with Crippen molar-refractivity contribution in [3.05, 3.63) is 17.7 Å². The minimum Gasteiger partial charge on any atom is -0.369 e. The van der Waals surface area contributed by atoms with Crippen molar-refractivity contribution in [2.24, 2.45) is 0 Å². The fraction of sp³-hybridized carbons (Fsp3) is 0.500. The SMILES string of the molecule is CNc1nsnc1NCCSCc1nc[nH]c1C. The Balaban J connectivity index is 1.66. The number of anilines is 2. The lowest BCUT2D eigenvalue weighted by atomic mass is 10.4. The third-order valence-corrected chi connectivity index (χ3v) is 3.94. The largest absolute Gasteiger partial charge is 0.369 e. The third kappa shape index (κ3) is 3.36. The summed E-state index contributed by atoms with van der Waals surface area (Å²) in [7, 11) is 1.84. The zero-order chi connectivity index (χ0) is 12.8. The molecule has 2 aromatic rings. The molecule has 0 saturated carbocycles. The Hall–Kier alpha value is -1.28. The second kappa shape index (κ2) is 6.60. The van der Waals surface area contributed by atoms with Gasteiger partial charge in [0, 0.05) is 30.8 Å². The summed E-state index contributed by atoms with van der Waals surface area (Å²) in [6.07, 6.45) is 1.74. The van der Waals surface area contributed by atoms with Gasteiger partial charge in [-0.3, -0.25) is 0 Å². The zero-order valence-electron chi connectivity index (χ0n) is 10.4. The van der Waals surface area contributed by atoms with Crippen molar-refractivity contribution in [1.29, 1.82) is 0 Å². The summed E-state index contributed by atoms with van der Waals surface area (Å²) >= 11 is 3.06. The Morgan fingerprint density at radius 1 is 1.39 bits per heavy atom. The van der Waals surface area contributed by atoms with Gasteiger partial charge in [0.05, 0.1) is 23.7 Å². The quantitative estimate of drug-likeness (QED) is 0.675. The molecule has 0 atom stereocenters. The summed E-state index contributed by atoms with van der Waals surface area (Å²) in [5.74, 6) is 3.59. The van der Waals surface area contributed by atoms with E-state index in [9.17, 15) is 0 Å². The Kier molecular flexibility index (Phi) is 4.82. The molecule has 0 aromatic carbocycles. The molecule has 0 unspecified atom stereocenters. The van der Waals surface area contributed by atoms with Crippen molar-refractivity contribution in [1.82, 2.24) is 18.7 Å². The van der Waals surface area contributed by atoms with Gasteiger partial charge in [-0.15, -0.1) is 0 Å². The van der Waals surface area contributed by atoms with Crippen LogP contribution in [0.2, 0.25) is 0 Å². The van der Waals surface area contributed by atoms with Crippen LogP contribution in [-0.2, 0) is 5.75 Å². The highest BCUT2D eigenvalue weighted by Crippen LogP contribution is 2.17. The van der Waals surface area contributed by atoms with Crippen LogP contribution in [0, 0.1) is 6.92 Å². The van der Waals surface area contributed by atoms with Gasteiger partial charge in [0.1, 0.15) is 0 Å². The molecule has 0 spiro atoms. The number of thioether (sulfide) groups is 1. The number of H-pyrrole nitrogens is 1. The Bertz CT molecular complexity index is 480. The molecular formula is C10H16N6S2. The Morgan fingerprint density at radius 3 is 2.94 bits per heavy atom. The van der Waals surface area contributed by atoms with Crippen LogP contribution < -0.4 is 10.6 Å². The summed E-state index contributed by atoms with van der Waals surface area (Å²) in [5, 5.41) is 6.26. The number of imidazole rings is 1. The smallest absolute Gasteiger partial charge is 0.184 e. The fourth-order valence-corrected chi connectivity index (χ4v) is 2.82. The Labute approximate surface area is 114 Å². The van der Waals surface area contributed by atoms with Crippen molar-refractivity contribution >= 4 is 35.1 Å². The molecule has 3 N–H and O–H groups in total. The summed E-state index contributed by atoms with van der Waals surface area (Å²) in [5.41, 5.74) is 2.28. The highest BCUT2D eigenvalue weighted by atomic mass is 32.2. The monoisotopic (exact) mass is 284 g/mol. The normalized spacial score (nSPS) is 10.6. The van der Waals surface area contributed by atoms with Crippen molar-refractivity contribution in [3.63, 3.8) is 0 Å². The van der Waals surface area contributed by atoms with Crippen molar-refractivity contribution < 1.29 is 0 Å². The molecule has 0 fully saturated rings. The first-order chi connectivity index (χ1) is 8.81. The van der Waals surface area contributed by atoms with Crippen molar-refractivity contribution in [2.75, 3.05) is 30.0 Å². The molecule has 2 heterocycles. The molecule has 98 valence electrons. The molecule has 0 aliphatic heterocycles. The van der Waals surface area contributed by atoms with Gasteiger partial charge in [-0.05, 0) is 6.92 Å². The minimum atomic E-state index is 0.813. The van der Waals surface area contributed by atoms with Gasteiger partial charge in [0.2, 0.25) is 0 Å². The lowest BCUT2D eigenvalue weighted by Crippen LogP contribution is -2.06. The van der Waals surface area contributed by atoms with E-state index in [2.05, 4.69) is 29.3 Å². The van der Waals surface area contributed by atoms with E-state index < -0.39 is 0 Å². The molecule has 0 amide bonds. The van der Waals surface area contributed by atoms with Crippen LogP contribution in [0.4, 0.5) is 11.6 Å². The maximum absolute atomic E-state index is 4.26. The van der Waals surface area contributed by atoms with Gasteiger partial charge in [0.15, 0.2) is 11.6 Å². The maximum Gasteiger partial charge on any atom is 0.184 e. The number of aryl methyl sites for hydroxylation is 1. The molecule has 6 nitrogen and oxygen atoms in total.